The van der Waals surface area contributed by atoms with E-state index in [2.05, 4.69) is 0 Å². The number of aliphatic hydroxyl groups is 4. The van der Waals surface area contributed by atoms with Crippen LogP contribution in [0, 0.1) is 16.7 Å². The fourth-order valence-corrected chi connectivity index (χ4v) is 5.14. The van der Waals surface area contributed by atoms with Crippen LogP contribution in [0.15, 0.2) is 11.6 Å². The van der Waals surface area contributed by atoms with Crippen molar-refractivity contribution in [3.8, 4) is 0 Å². The number of hydrogen-bond donors (Lipinski definition) is 4. The Morgan fingerprint density at radius 2 is 2.10 bits per heavy atom. The van der Waals surface area contributed by atoms with Crippen molar-refractivity contribution in [2.24, 2.45) is 16.7 Å². The second kappa shape index (κ2) is 3.69. The number of aliphatic hydroxyl groups excluding tert-OH is 2. The van der Waals surface area contributed by atoms with Crippen LogP contribution < -0.4 is 0 Å². The van der Waals surface area contributed by atoms with E-state index in [0.29, 0.717) is 0 Å². The Hall–Kier alpha value is -0.500. The van der Waals surface area contributed by atoms with E-state index in [9.17, 15) is 20.4 Å². The lowest BCUT2D eigenvalue weighted by molar-refractivity contribution is -0.409. The summed E-state index contributed by atoms with van der Waals surface area (Å²) in [6.07, 6.45) is 0.950. The van der Waals surface area contributed by atoms with E-state index < -0.39 is 34.6 Å². The van der Waals surface area contributed by atoms with E-state index in [-0.39, 0.29) is 25.6 Å². The van der Waals surface area contributed by atoms with Crippen LogP contribution in [0.5, 0.6) is 0 Å². The van der Waals surface area contributed by atoms with Crippen LogP contribution in [0.4, 0.5) is 0 Å². The first-order valence-electron chi connectivity index (χ1n) is 7.49. The van der Waals surface area contributed by atoms with Crippen molar-refractivity contribution in [2.75, 3.05) is 13.2 Å². The summed E-state index contributed by atoms with van der Waals surface area (Å²) in [5.41, 5.74) is -2.74. The Morgan fingerprint density at radius 1 is 1.38 bits per heavy atom. The summed E-state index contributed by atoms with van der Waals surface area (Å²) in [5, 5.41) is 42.9. The van der Waals surface area contributed by atoms with Gasteiger partial charge in [0, 0.05) is 11.8 Å². The fourth-order valence-electron chi connectivity index (χ4n) is 5.14. The van der Waals surface area contributed by atoms with E-state index in [1.807, 2.05) is 13.0 Å². The van der Waals surface area contributed by atoms with Gasteiger partial charge in [-0.1, -0.05) is 18.6 Å². The molecule has 0 radical (unpaired) electrons. The van der Waals surface area contributed by atoms with Crippen LogP contribution in [0.3, 0.4) is 0 Å². The molecule has 0 aromatic rings. The van der Waals surface area contributed by atoms with Crippen LogP contribution >= 0.6 is 0 Å². The molecule has 2 aliphatic carbocycles. The Bertz CT molecular complexity index is 530. The first kappa shape index (κ1) is 14.1. The van der Waals surface area contributed by atoms with Gasteiger partial charge in [-0.25, -0.2) is 0 Å². The second-order valence-electron chi connectivity index (χ2n) is 7.31. The molecule has 1 saturated carbocycles. The predicted octanol–water partition coefficient (Wildman–Crippen LogP) is -0.492. The highest BCUT2D eigenvalue weighted by molar-refractivity contribution is 5.42. The summed E-state index contributed by atoms with van der Waals surface area (Å²) in [6, 6.07) is 0. The minimum Gasteiger partial charge on any atom is -0.395 e. The molecule has 7 atom stereocenters. The van der Waals surface area contributed by atoms with Gasteiger partial charge in [-0.15, -0.1) is 0 Å². The smallest absolute Gasteiger partial charge is 0.199 e. The second-order valence-corrected chi connectivity index (χ2v) is 7.31. The van der Waals surface area contributed by atoms with E-state index in [0.717, 1.165) is 12.0 Å². The average molecular weight is 298 g/mol. The van der Waals surface area contributed by atoms with Gasteiger partial charge in [0.25, 0.3) is 0 Å². The number of rotatable bonds is 1. The maximum Gasteiger partial charge on any atom is 0.199 e. The summed E-state index contributed by atoms with van der Waals surface area (Å²) in [5.74, 6) is -1.75. The third kappa shape index (κ3) is 1.20. The molecule has 4 bridgehead atoms. The molecular weight excluding hydrogens is 276 g/mol. The van der Waals surface area contributed by atoms with Crippen molar-refractivity contribution in [1.82, 2.24) is 0 Å². The quantitative estimate of drug-likeness (QED) is 0.488. The topological polar surface area (TPSA) is 99.4 Å². The molecule has 1 spiro atoms. The highest BCUT2D eigenvalue weighted by Gasteiger charge is 2.79. The van der Waals surface area contributed by atoms with Crippen LogP contribution in [-0.4, -0.2) is 57.4 Å². The lowest BCUT2D eigenvalue weighted by Gasteiger charge is -2.64. The molecule has 4 fully saturated rings. The van der Waals surface area contributed by atoms with Crippen molar-refractivity contribution in [3.63, 3.8) is 0 Å². The molecule has 3 heterocycles. The van der Waals surface area contributed by atoms with Crippen molar-refractivity contribution in [1.29, 1.82) is 0 Å². The molecule has 21 heavy (non-hydrogen) atoms. The lowest BCUT2D eigenvalue weighted by atomic mass is 9.47. The van der Waals surface area contributed by atoms with Gasteiger partial charge in [-0.05, 0) is 19.3 Å². The normalized spacial score (nSPS) is 61.6. The highest BCUT2D eigenvalue weighted by atomic mass is 16.8. The van der Waals surface area contributed by atoms with Crippen molar-refractivity contribution in [2.45, 2.75) is 50.5 Å². The molecule has 0 unspecified atom stereocenters. The Labute approximate surface area is 123 Å². The van der Waals surface area contributed by atoms with Gasteiger partial charge in [0.2, 0.25) is 0 Å². The molecule has 5 aliphatic rings. The van der Waals surface area contributed by atoms with Crippen LogP contribution in [0.25, 0.3) is 0 Å². The molecule has 0 aromatic carbocycles. The minimum atomic E-state index is -1.84. The van der Waals surface area contributed by atoms with Crippen LogP contribution in [-0.2, 0) is 9.47 Å². The summed E-state index contributed by atoms with van der Waals surface area (Å²) < 4.78 is 11.2. The number of ether oxygens (including phenoxy) is 2. The largest absolute Gasteiger partial charge is 0.395 e. The van der Waals surface area contributed by atoms with E-state index >= 15 is 0 Å². The van der Waals surface area contributed by atoms with E-state index in [1.54, 1.807) is 0 Å². The molecular formula is C15H22O6. The Balaban J connectivity index is 2.04. The van der Waals surface area contributed by atoms with Gasteiger partial charge in [0.1, 0.15) is 11.7 Å². The number of allylic oxidation sites excluding steroid dienone is 1. The molecule has 3 saturated heterocycles. The average Bonchev–Trinajstić information content (AvgIpc) is 2.69. The predicted molar refractivity (Wildman–Crippen MR) is 70.8 cm³/mol. The first-order chi connectivity index (χ1) is 9.75. The summed E-state index contributed by atoms with van der Waals surface area (Å²) >= 11 is 0. The minimum absolute atomic E-state index is 0.0147. The van der Waals surface area contributed by atoms with E-state index in [4.69, 9.17) is 9.47 Å². The molecule has 6 nitrogen and oxygen atoms in total. The molecule has 4 N–H and O–H groups in total. The maximum atomic E-state index is 11.1. The molecule has 0 aromatic heterocycles. The molecule has 6 heteroatoms. The van der Waals surface area contributed by atoms with Crippen LogP contribution in [0.1, 0.15) is 26.7 Å². The van der Waals surface area contributed by atoms with Gasteiger partial charge in [0.15, 0.2) is 12.1 Å². The van der Waals surface area contributed by atoms with Crippen LogP contribution in [0.2, 0.25) is 0 Å². The zero-order valence-electron chi connectivity index (χ0n) is 12.2. The Morgan fingerprint density at radius 3 is 2.76 bits per heavy atom. The van der Waals surface area contributed by atoms with Gasteiger partial charge < -0.3 is 29.9 Å². The zero-order valence-corrected chi connectivity index (χ0v) is 12.2. The van der Waals surface area contributed by atoms with Gasteiger partial charge >= 0.3 is 0 Å². The number of fused-ring (bicyclic) bond motifs is 1. The standard InChI is InChI=1S/C15H22O6/c1-8-3-4-9-13(6-16)7-20-11-10(17)14(8,9)5-15(19,21-11)12(13,2)18/h4,8,10-11,16-19H,3,5-7H2,1-2H3/t8-,10+,11+,12-,13+,14-,15-/m1/s1. The van der Waals surface area contributed by atoms with Gasteiger partial charge in [0.05, 0.1) is 18.6 Å². The molecule has 5 rings (SSSR count). The molecule has 118 valence electrons. The maximum absolute atomic E-state index is 11.1. The van der Waals surface area contributed by atoms with E-state index in [1.165, 1.54) is 6.92 Å². The monoisotopic (exact) mass is 298 g/mol. The Kier molecular flexibility index (Phi) is 2.48. The fraction of sp³-hybridized carbons (Fsp3) is 0.867. The zero-order chi connectivity index (χ0) is 15.3. The third-order valence-electron chi connectivity index (χ3n) is 6.66. The third-order valence-corrected chi connectivity index (χ3v) is 6.66. The summed E-state index contributed by atoms with van der Waals surface area (Å²) in [4.78, 5) is 0. The first-order valence-corrected chi connectivity index (χ1v) is 7.49. The highest BCUT2D eigenvalue weighted by Crippen LogP contribution is 2.70. The summed E-state index contributed by atoms with van der Waals surface area (Å²) in [6.45, 7) is 3.15. The van der Waals surface area contributed by atoms with Crippen molar-refractivity contribution < 1.29 is 29.9 Å². The summed E-state index contributed by atoms with van der Waals surface area (Å²) in [7, 11) is 0. The van der Waals surface area contributed by atoms with Crippen molar-refractivity contribution in [3.05, 3.63) is 11.6 Å². The lowest BCUT2D eigenvalue weighted by Crippen LogP contribution is -2.76. The molecule has 0 amide bonds. The molecule has 3 aliphatic heterocycles. The van der Waals surface area contributed by atoms with Gasteiger partial charge in [-0.3, -0.25) is 0 Å². The number of hydrogen-bond acceptors (Lipinski definition) is 6. The van der Waals surface area contributed by atoms with Gasteiger partial charge in [-0.2, -0.15) is 0 Å². The van der Waals surface area contributed by atoms with Crippen molar-refractivity contribution >= 4 is 0 Å². The SMILES string of the molecule is C[C@@H]1CC=C2[C@@]13C[C@@]1(O)O[C@H](OC[C@]2(CO)[C@@]1(C)O)[C@@H]3O.